The van der Waals surface area contributed by atoms with E-state index in [4.69, 9.17) is 4.98 Å². The van der Waals surface area contributed by atoms with Gasteiger partial charge >= 0.3 is 0 Å². The van der Waals surface area contributed by atoms with Crippen LogP contribution in [0.15, 0.2) is 66.7 Å². The summed E-state index contributed by atoms with van der Waals surface area (Å²) in [6.45, 7) is 8.50. The SMILES string of the molecule is Cc1ccc(-c2nc(C)c3ccc(C)cc3c2-c2ccc(C)cc2)cc1. The predicted molar refractivity (Wildman–Crippen MR) is 112 cm³/mol. The summed E-state index contributed by atoms with van der Waals surface area (Å²) < 4.78 is 0. The Balaban J connectivity index is 2.11. The van der Waals surface area contributed by atoms with Crippen molar-refractivity contribution >= 4 is 10.8 Å². The fourth-order valence-corrected chi connectivity index (χ4v) is 3.52. The number of aromatic nitrogens is 1. The van der Waals surface area contributed by atoms with Crippen LogP contribution in [0.2, 0.25) is 0 Å². The molecule has 0 atom stereocenters. The van der Waals surface area contributed by atoms with E-state index in [1.165, 1.54) is 38.6 Å². The first-order valence-electron chi connectivity index (χ1n) is 9.08. The highest BCUT2D eigenvalue weighted by Gasteiger charge is 2.15. The lowest BCUT2D eigenvalue weighted by atomic mass is 9.91. The molecule has 0 saturated heterocycles. The maximum atomic E-state index is 5.03. The lowest BCUT2D eigenvalue weighted by molar-refractivity contribution is 1.23. The second-order valence-electron chi connectivity index (χ2n) is 7.20. The van der Waals surface area contributed by atoms with Crippen molar-refractivity contribution in [3.8, 4) is 22.4 Å². The molecule has 1 nitrogen and oxygen atoms in total. The molecule has 1 aromatic heterocycles. The molecule has 1 heterocycles. The number of rotatable bonds is 2. The molecule has 0 saturated carbocycles. The van der Waals surface area contributed by atoms with Crippen LogP contribution in [0.5, 0.6) is 0 Å². The number of aryl methyl sites for hydroxylation is 4. The molecule has 0 amide bonds. The van der Waals surface area contributed by atoms with Crippen molar-refractivity contribution in [1.29, 1.82) is 0 Å². The minimum absolute atomic E-state index is 1.06. The maximum absolute atomic E-state index is 5.03. The molecule has 4 aromatic rings. The highest BCUT2D eigenvalue weighted by Crippen LogP contribution is 2.38. The van der Waals surface area contributed by atoms with Gasteiger partial charge in [0, 0.05) is 22.2 Å². The summed E-state index contributed by atoms with van der Waals surface area (Å²) in [5, 5.41) is 2.50. The average Bonchev–Trinajstić information content (AvgIpc) is 2.63. The quantitative estimate of drug-likeness (QED) is 0.392. The zero-order valence-corrected chi connectivity index (χ0v) is 15.8. The minimum atomic E-state index is 1.06. The largest absolute Gasteiger partial charge is 0.252 e. The highest BCUT2D eigenvalue weighted by molar-refractivity contribution is 6.03. The number of hydrogen-bond acceptors (Lipinski definition) is 1. The molecule has 0 aliphatic rings. The van der Waals surface area contributed by atoms with E-state index >= 15 is 0 Å². The third-order valence-electron chi connectivity index (χ3n) is 5.02. The predicted octanol–water partition coefficient (Wildman–Crippen LogP) is 6.80. The van der Waals surface area contributed by atoms with E-state index in [2.05, 4.69) is 94.4 Å². The summed E-state index contributed by atoms with van der Waals surface area (Å²) in [6.07, 6.45) is 0. The van der Waals surface area contributed by atoms with Crippen LogP contribution in [-0.4, -0.2) is 4.98 Å². The van der Waals surface area contributed by atoms with Gasteiger partial charge in [-0.25, -0.2) is 0 Å². The molecule has 26 heavy (non-hydrogen) atoms. The lowest BCUT2D eigenvalue weighted by Gasteiger charge is -2.16. The lowest BCUT2D eigenvalue weighted by Crippen LogP contribution is -1.96. The van der Waals surface area contributed by atoms with E-state index < -0.39 is 0 Å². The topological polar surface area (TPSA) is 12.9 Å². The first-order chi connectivity index (χ1) is 12.5. The third kappa shape index (κ3) is 2.90. The fourth-order valence-electron chi connectivity index (χ4n) is 3.52. The minimum Gasteiger partial charge on any atom is -0.252 e. The van der Waals surface area contributed by atoms with Crippen LogP contribution in [0, 0.1) is 27.7 Å². The van der Waals surface area contributed by atoms with Gasteiger partial charge in [0.15, 0.2) is 0 Å². The Labute approximate surface area is 155 Å². The third-order valence-corrected chi connectivity index (χ3v) is 5.02. The number of fused-ring (bicyclic) bond motifs is 1. The van der Waals surface area contributed by atoms with Crippen molar-refractivity contribution in [2.24, 2.45) is 0 Å². The average molecular weight is 337 g/mol. The van der Waals surface area contributed by atoms with Gasteiger partial charge in [0.1, 0.15) is 0 Å². The second-order valence-corrected chi connectivity index (χ2v) is 7.20. The first-order valence-corrected chi connectivity index (χ1v) is 9.08. The Morgan fingerprint density at radius 3 is 1.69 bits per heavy atom. The van der Waals surface area contributed by atoms with E-state index in [-0.39, 0.29) is 0 Å². The van der Waals surface area contributed by atoms with Gasteiger partial charge < -0.3 is 0 Å². The van der Waals surface area contributed by atoms with Crippen LogP contribution in [0.25, 0.3) is 33.2 Å². The molecule has 0 fully saturated rings. The Kier molecular flexibility index (Phi) is 4.08. The zero-order chi connectivity index (χ0) is 18.3. The van der Waals surface area contributed by atoms with Crippen LogP contribution < -0.4 is 0 Å². The van der Waals surface area contributed by atoms with Gasteiger partial charge in [0.05, 0.1) is 5.69 Å². The van der Waals surface area contributed by atoms with Gasteiger partial charge in [-0.1, -0.05) is 83.4 Å². The number of benzene rings is 3. The van der Waals surface area contributed by atoms with E-state index in [1.54, 1.807) is 0 Å². The maximum Gasteiger partial charge on any atom is 0.0789 e. The Hall–Kier alpha value is -2.93. The van der Waals surface area contributed by atoms with Crippen molar-refractivity contribution in [3.63, 3.8) is 0 Å². The van der Waals surface area contributed by atoms with Crippen LogP contribution in [0.3, 0.4) is 0 Å². The summed E-state index contributed by atoms with van der Waals surface area (Å²) in [4.78, 5) is 5.03. The van der Waals surface area contributed by atoms with Crippen molar-refractivity contribution < 1.29 is 0 Å². The Morgan fingerprint density at radius 2 is 1.08 bits per heavy atom. The molecule has 0 unspecified atom stereocenters. The van der Waals surface area contributed by atoms with Crippen LogP contribution in [0.1, 0.15) is 22.4 Å². The summed E-state index contributed by atoms with van der Waals surface area (Å²) in [5.41, 5.74) is 9.54. The van der Waals surface area contributed by atoms with Crippen molar-refractivity contribution in [2.45, 2.75) is 27.7 Å². The molecule has 0 aliphatic carbocycles. The number of hydrogen-bond donors (Lipinski definition) is 0. The molecule has 0 radical (unpaired) electrons. The standard InChI is InChI=1S/C25H23N/c1-16-5-10-20(11-6-16)24-23-15-18(3)9-14-22(23)19(4)26-25(24)21-12-7-17(2)8-13-21/h5-15H,1-4H3. The Bertz CT molecular complexity index is 1090. The van der Waals surface area contributed by atoms with E-state index in [0.29, 0.717) is 0 Å². The first kappa shape index (κ1) is 16.5. The molecular weight excluding hydrogens is 314 g/mol. The van der Waals surface area contributed by atoms with Gasteiger partial charge in [-0.2, -0.15) is 0 Å². The Morgan fingerprint density at radius 1 is 0.538 bits per heavy atom. The summed E-state index contributed by atoms with van der Waals surface area (Å²) in [5.74, 6) is 0. The summed E-state index contributed by atoms with van der Waals surface area (Å²) in [6, 6.07) is 24.1. The molecular formula is C25H23N. The molecule has 0 aliphatic heterocycles. The molecule has 0 bridgehead atoms. The molecule has 0 spiro atoms. The van der Waals surface area contributed by atoms with Gasteiger partial charge in [0.2, 0.25) is 0 Å². The highest BCUT2D eigenvalue weighted by atomic mass is 14.7. The van der Waals surface area contributed by atoms with E-state index in [0.717, 1.165) is 17.0 Å². The molecule has 0 N–H and O–H groups in total. The molecule has 128 valence electrons. The number of nitrogens with zero attached hydrogens (tertiary/aromatic N) is 1. The van der Waals surface area contributed by atoms with Crippen molar-refractivity contribution in [1.82, 2.24) is 4.98 Å². The van der Waals surface area contributed by atoms with Crippen LogP contribution in [0.4, 0.5) is 0 Å². The normalized spacial score (nSPS) is 11.1. The molecule has 4 rings (SSSR count). The molecule has 1 heteroatoms. The van der Waals surface area contributed by atoms with Gasteiger partial charge in [-0.15, -0.1) is 0 Å². The van der Waals surface area contributed by atoms with Crippen LogP contribution in [-0.2, 0) is 0 Å². The summed E-state index contributed by atoms with van der Waals surface area (Å²) >= 11 is 0. The monoisotopic (exact) mass is 337 g/mol. The van der Waals surface area contributed by atoms with Gasteiger partial charge in [-0.3, -0.25) is 4.98 Å². The zero-order valence-electron chi connectivity index (χ0n) is 15.8. The smallest absolute Gasteiger partial charge is 0.0789 e. The molecule has 3 aromatic carbocycles. The van der Waals surface area contributed by atoms with E-state index in [9.17, 15) is 0 Å². The second kappa shape index (κ2) is 6.42. The van der Waals surface area contributed by atoms with Crippen LogP contribution >= 0.6 is 0 Å². The van der Waals surface area contributed by atoms with Crippen molar-refractivity contribution in [2.75, 3.05) is 0 Å². The van der Waals surface area contributed by atoms with E-state index in [1.807, 2.05) is 0 Å². The van der Waals surface area contributed by atoms with Gasteiger partial charge in [-0.05, 0) is 38.6 Å². The fraction of sp³-hybridized carbons (Fsp3) is 0.160. The van der Waals surface area contributed by atoms with Crippen molar-refractivity contribution in [3.05, 3.63) is 89.1 Å². The number of pyridine rings is 1. The summed E-state index contributed by atoms with van der Waals surface area (Å²) in [7, 11) is 0. The van der Waals surface area contributed by atoms with Gasteiger partial charge in [0.25, 0.3) is 0 Å².